The molecule has 1 aromatic rings. The SMILES string of the molecule is CC(C)c1ccc(NC(=O)CC(C(=O)O)N2CCN(C)CC2)cc1. The van der Waals surface area contributed by atoms with Crippen molar-refractivity contribution in [3.05, 3.63) is 29.8 Å². The number of aliphatic carboxylic acids is 1. The fourth-order valence-electron chi connectivity index (χ4n) is 2.85. The van der Waals surface area contributed by atoms with Crippen LogP contribution in [0.15, 0.2) is 24.3 Å². The van der Waals surface area contributed by atoms with Gasteiger partial charge in [-0.2, -0.15) is 0 Å². The number of carboxylic acid groups (broad SMARTS) is 1. The van der Waals surface area contributed by atoms with E-state index in [-0.39, 0.29) is 12.3 Å². The molecule has 0 saturated carbocycles. The first kappa shape index (κ1) is 18.4. The third-order valence-corrected chi connectivity index (χ3v) is 4.50. The van der Waals surface area contributed by atoms with E-state index >= 15 is 0 Å². The second-order valence-corrected chi connectivity index (χ2v) is 6.72. The number of likely N-dealkylation sites (N-methyl/N-ethyl adjacent to an activating group) is 1. The zero-order valence-corrected chi connectivity index (χ0v) is 14.7. The highest BCUT2D eigenvalue weighted by molar-refractivity contribution is 5.94. The van der Waals surface area contributed by atoms with E-state index in [0.29, 0.717) is 24.7 Å². The van der Waals surface area contributed by atoms with Crippen molar-refractivity contribution in [3.63, 3.8) is 0 Å². The molecule has 1 amide bonds. The summed E-state index contributed by atoms with van der Waals surface area (Å²) >= 11 is 0. The number of carbonyl (C=O) groups is 2. The molecule has 0 bridgehead atoms. The highest BCUT2D eigenvalue weighted by Crippen LogP contribution is 2.18. The van der Waals surface area contributed by atoms with Gasteiger partial charge in [0.1, 0.15) is 6.04 Å². The van der Waals surface area contributed by atoms with Gasteiger partial charge in [-0.1, -0.05) is 26.0 Å². The number of carboxylic acids is 1. The zero-order valence-electron chi connectivity index (χ0n) is 14.7. The zero-order chi connectivity index (χ0) is 17.7. The van der Waals surface area contributed by atoms with E-state index < -0.39 is 12.0 Å². The number of anilines is 1. The van der Waals surface area contributed by atoms with Crippen molar-refractivity contribution < 1.29 is 14.7 Å². The van der Waals surface area contributed by atoms with Crippen LogP contribution in [0, 0.1) is 0 Å². The molecule has 6 nitrogen and oxygen atoms in total. The van der Waals surface area contributed by atoms with E-state index in [1.165, 1.54) is 5.56 Å². The van der Waals surface area contributed by atoms with Crippen molar-refractivity contribution in [2.75, 3.05) is 38.5 Å². The van der Waals surface area contributed by atoms with Gasteiger partial charge in [-0.05, 0) is 30.7 Å². The molecule has 1 unspecified atom stereocenters. The van der Waals surface area contributed by atoms with Gasteiger partial charge in [-0.25, -0.2) is 0 Å². The lowest BCUT2D eigenvalue weighted by molar-refractivity contribution is -0.145. The summed E-state index contributed by atoms with van der Waals surface area (Å²) in [6, 6.07) is 6.91. The Hall–Kier alpha value is -1.92. The van der Waals surface area contributed by atoms with E-state index in [1.54, 1.807) is 0 Å². The van der Waals surface area contributed by atoms with Crippen LogP contribution in [0.2, 0.25) is 0 Å². The van der Waals surface area contributed by atoms with Crippen molar-refractivity contribution >= 4 is 17.6 Å². The molecule has 1 atom stereocenters. The predicted octanol–water partition coefficient (Wildman–Crippen LogP) is 1.84. The van der Waals surface area contributed by atoms with Gasteiger partial charge in [-0.3, -0.25) is 14.5 Å². The van der Waals surface area contributed by atoms with Crippen molar-refractivity contribution in [1.82, 2.24) is 9.80 Å². The molecule has 0 aromatic heterocycles. The number of carbonyl (C=O) groups excluding carboxylic acids is 1. The van der Waals surface area contributed by atoms with Gasteiger partial charge in [0.05, 0.1) is 6.42 Å². The molecular formula is C18H27N3O3. The highest BCUT2D eigenvalue weighted by atomic mass is 16.4. The summed E-state index contributed by atoms with van der Waals surface area (Å²) in [5, 5.41) is 12.3. The molecule has 0 spiro atoms. The second kappa shape index (κ2) is 8.26. The Morgan fingerprint density at radius 1 is 1.12 bits per heavy atom. The number of nitrogens with zero attached hydrogens (tertiary/aromatic N) is 2. The van der Waals surface area contributed by atoms with Gasteiger partial charge >= 0.3 is 5.97 Å². The molecule has 24 heavy (non-hydrogen) atoms. The van der Waals surface area contributed by atoms with Crippen LogP contribution in [0.4, 0.5) is 5.69 Å². The number of benzene rings is 1. The van der Waals surface area contributed by atoms with Gasteiger partial charge in [0, 0.05) is 31.9 Å². The van der Waals surface area contributed by atoms with Crippen LogP contribution in [-0.4, -0.2) is 66.1 Å². The molecule has 2 rings (SSSR count). The maximum absolute atomic E-state index is 12.2. The van der Waals surface area contributed by atoms with E-state index in [4.69, 9.17) is 0 Å². The summed E-state index contributed by atoms with van der Waals surface area (Å²) in [6.45, 7) is 7.21. The monoisotopic (exact) mass is 333 g/mol. The molecule has 1 saturated heterocycles. The average Bonchev–Trinajstić information content (AvgIpc) is 2.54. The average molecular weight is 333 g/mol. The van der Waals surface area contributed by atoms with E-state index in [0.717, 1.165) is 13.1 Å². The summed E-state index contributed by atoms with van der Waals surface area (Å²) in [7, 11) is 2.01. The maximum Gasteiger partial charge on any atom is 0.321 e. The minimum atomic E-state index is -0.940. The summed E-state index contributed by atoms with van der Waals surface area (Å²) in [5.41, 5.74) is 1.90. The van der Waals surface area contributed by atoms with E-state index in [2.05, 4.69) is 24.1 Å². The Bertz CT molecular complexity index is 563. The Balaban J connectivity index is 1.94. The Kier molecular flexibility index (Phi) is 6.34. The van der Waals surface area contributed by atoms with E-state index in [9.17, 15) is 14.7 Å². The third kappa shape index (κ3) is 5.04. The minimum Gasteiger partial charge on any atom is -0.480 e. The number of nitrogens with one attached hydrogen (secondary N) is 1. The van der Waals surface area contributed by atoms with Gasteiger partial charge < -0.3 is 15.3 Å². The molecule has 1 aromatic carbocycles. The molecule has 1 aliphatic rings. The van der Waals surface area contributed by atoms with Crippen LogP contribution in [0.5, 0.6) is 0 Å². The van der Waals surface area contributed by atoms with Crippen LogP contribution in [0.3, 0.4) is 0 Å². The lowest BCUT2D eigenvalue weighted by atomic mass is 10.0. The first-order chi connectivity index (χ1) is 11.4. The predicted molar refractivity (Wildman–Crippen MR) is 94.3 cm³/mol. The summed E-state index contributed by atoms with van der Waals surface area (Å²) in [4.78, 5) is 27.8. The second-order valence-electron chi connectivity index (χ2n) is 6.72. The van der Waals surface area contributed by atoms with Crippen molar-refractivity contribution in [3.8, 4) is 0 Å². The molecule has 0 radical (unpaired) electrons. The fourth-order valence-corrected chi connectivity index (χ4v) is 2.85. The number of hydrogen-bond acceptors (Lipinski definition) is 4. The lowest BCUT2D eigenvalue weighted by Gasteiger charge is -2.35. The Morgan fingerprint density at radius 3 is 2.21 bits per heavy atom. The van der Waals surface area contributed by atoms with Crippen LogP contribution in [0.25, 0.3) is 0 Å². The molecule has 132 valence electrons. The third-order valence-electron chi connectivity index (χ3n) is 4.50. The first-order valence-corrected chi connectivity index (χ1v) is 8.42. The standard InChI is InChI=1S/C18H27N3O3/c1-13(2)14-4-6-15(7-5-14)19-17(22)12-16(18(23)24)21-10-8-20(3)9-11-21/h4-7,13,16H,8-12H2,1-3H3,(H,19,22)(H,23,24). The Morgan fingerprint density at radius 2 is 1.71 bits per heavy atom. The largest absolute Gasteiger partial charge is 0.480 e. The van der Waals surface area contributed by atoms with Crippen molar-refractivity contribution in [1.29, 1.82) is 0 Å². The highest BCUT2D eigenvalue weighted by Gasteiger charge is 2.30. The molecule has 1 fully saturated rings. The topological polar surface area (TPSA) is 72.9 Å². The summed E-state index contributed by atoms with van der Waals surface area (Å²) < 4.78 is 0. The van der Waals surface area contributed by atoms with Gasteiger partial charge in [0.2, 0.25) is 5.91 Å². The number of rotatable bonds is 6. The molecular weight excluding hydrogens is 306 g/mol. The van der Waals surface area contributed by atoms with Gasteiger partial charge in [0.25, 0.3) is 0 Å². The van der Waals surface area contributed by atoms with Crippen LogP contribution < -0.4 is 5.32 Å². The smallest absolute Gasteiger partial charge is 0.321 e. The Labute approximate surface area is 143 Å². The van der Waals surface area contributed by atoms with Crippen LogP contribution in [0.1, 0.15) is 31.7 Å². The first-order valence-electron chi connectivity index (χ1n) is 8.42. The molecule has 1 heterocycles. The normalized spacial score (nSPS) is 17.7. The quantitative estimate of drug-likeness (QED) is 0.831. The van der Waals surface area contributed by atoms with Gasteiger partial charge in [-0.15, -0.1) is 0 Å². The number of hydrogen-bond donors (Lipinski definition) is 2. The van der Waals surface area contributed by atoms with Crippen LogP contribution >= 0.6 is 0 Å². The molecule has 1 aliphatic heterocycles. The minimum absolute atomic E-state index is 0.0367. The van der Waals surface area contributed by atoms with Gasteiger partial charge in [0.15, 0.2) is 0 Å². The van der Waals surface area contributed by atoms with Crippen molar-refractivity contribution in [2.45, 2.75) is 32.2 Å². The fraction of sp³-hybridized carbons (Fsp3) is 0.556. The van der Waals surface area contributed by atoms with Crippen molar-refractivity contribution in [2.24, 2.45) is 0 Å². The number of amides is 1. The van der Waals surface area contributed by atoms with Crippen LogP contribution in [-0.2, 0) is 9.59 Å². The maximum atomic E-state index is 12.2. The molecule has 2 N–H and O–H groups in total. The molecule has 6 heteroatoms. The molecule has 0 aliphatic carbocycles. The lowest BCUT2D eigenvalue weighted by Crippen LogP contribution is -2.52. The number of piperazine rings is 1. The van der Waals surface area contributed by atoms with E-state index in [1.807, 2.05) is 36.2 Å². The summed E-state index contributed by atoms with van der Waals surface area (Å²) in [6.07, 6.45) is -0.0367. The summed E-state index contributed by atoms with van der Waals surface area (Å²) in [5.74, 6) is -0.771.